The number of carboxylic acid groups (broad SMARTS) is 1. The highest BCUT2D eigenvalue weighted by Gasteiger charge is 2.20. The number of aromatic carboxylic acids is 1. The van der Waals surface area contributed by atoms with E-state index in [1.807, 2.05) is 0 Å². The Morgan fingerprint density at radius 3 is 2.58 bits per heavy atom. The van der Waals surface area contributed by atoms with Crippen LogP contribution in [0.15, 0.2) is 23.1 Å². The van der Waals surface area contributed by atoms with Gasteiger partial charge in [-0.1, -0.05) is 0 Å². The molecule has 0 saturated carbocycles. The van der Waals surface area contributed by atoms with Crippen LogP contribution in [0.3, 0.4) is 0 Å². The molecule has 0 aliphatic carbocycles. The van der Waals surface area contributed by atoms with E-state index >= 15 is 0 Å². The van der Waals surface area contributed by atoms with Crippen LogP contribution in [-0.4, -0.2) is 59.5 Å². The van der Waals surface area contributed by atoms with Gasteiger partial charge in [0.25, 0.3) is 0 Å². The number of sulfonamides is 1. The van der Waals surface area contributed by atoms with Gasteiger partial charge in [0, 0.05) is 39.1 Å². The fourth-order valence-corrected chi connectivity index (χ4v) is 3.33. The highest BCUT2D eigenvalue weighted by atomic mass is 32.2. The van der Waals surface area contributed by atoms with Gasteiger partial charge in [-0.25, -0.2) is 17.9 Å². The van der Waals surface area contributed by atoms with Gasteiger partial charge in [-0.15, -0.1) is 0 Å². The predicted molar refractivity (Wildman–Crippen MR) is 90.0 cm³/mol. The van der Waals surface area contributed by atoms with Crippen LogP contribution in [-0.2, 0) is 19.5 Å². The third-order valence-electron chi connectivity index (χ3n) is 3.15. The molecule has 1 aromatic carbocycles. The molecule has 3 N–H and O–H groups in total. The van der Waals surface area contributed by atoms with Gasteiger partial charge in [-0.05, 0) is 31.5 Å². The summed E-state index contributed by atoms with van der Waals surface area (Å²) in [6.07, 6.45) is 0.700. The summed E-state index contributed by atoms with van der Waals surface area (Å²) in [5.41, 5.74) is 0.261. The third kappa shape index (κ3) is 6.08. The van der Waals surface area contributed by atoms with Gasteiger partial charge < -0.3 is 19.9 Å². The topological polar surface area (TPSA) is 114 Å². The van der Waals surface area contributed by atoms with Gasteiger partial charge in [0.05, 0.1) is 17.1 Å². The average Bonchev–Trinajstić information content (AvgIpc) is 2.51. The van der Waals surface area contributed by atoms with E-state index in [4.69, 9.17) is 9.47 Å². The van der Waals surface area contributed by atoms with Crippen LogP contribution in [0.1, 0.15) is 23.7 Å². The molecule has 24 heavy (non-hydrogen) atoms. The molecule has 0 spiro atoms. The van der Waals surface area contributed by atoms with Crippen molar-refractivity contribution in [3.63, 3.8) is 0 Å². The first-order chi connectivity index (χ1) is 11.3. The summed E-state index contributed by atoms with van der Waals surface area (Å²) in [6, 6.07) is 3.53. The van der Waals surface area contributed by atoms with Crippen molar-refractivity contribution in [3.05, 3.63) is 23.8 Å². The minimum atomic E-state index is -3.82. The first-order valence-electron chi connectivity index (χ1n) is 7.43. The first-order valence-corrected chi connectivity index (χ1v) is 8.91. The number of hydrogen-bond acceptors (Lipinski definition) is 6. The number of carboxylic acids is 1. The molecule has 0 aromatic heterocycles. The van der Waals surface area contributed by atoms with Crippen LogP contribution >= 0.6 is 0 Å². The second-order valence-corrected chi connectivity index (χ2v) is 6.98. The van der Waals surface area contributed by atoms with E-state index in [1.165, 1.54) is 19.2 Å². The van der Waals surface area contributed by atoms with Gasteiger partial charge in [-0.2, -0.15) is 0 Å². The van der Waals surface area contributed by atoms with E-state index in [0.717, 1.165) is 6.07 Å². The van der Waals surface area contributed by atoms with Gasteiger partial charge in [-0.3, -0.25) is 0 Å². The number of anilines is 1. The third-order valence-corrected chi connectivity index (χ3v) is 4.73. The Labute approximate surface area is 142 Å². The molecule has 0 amide bonds. The Balaban J connectivity index is 2.98. The zero-order valence-corrected chi connectivity index (χ0v) is 14.9. The lowest BCUT2D eigenvalue weighted by molar-refractivity contribution is 0.0697. The van der Waals surface area contributed by atoms with E-state index in [9.17, 15) is 18.3 Å². The summed E-state index contributed by atoms with van der Waals surface area (Å²) >= 11 is 0. The minimum absolute atomic E-state index is 0.102. The van der Waals surface area contributed by atoms with Crippen LogP contribution in [0.5, 0.6) is 0 Å². The number of rotatable bonds is 11. The number of benzene rings is 1. The highest BCUT2D eigenvalue weighted by molar-refractivity contribution is 7.89. The van der Waals surface area contributed by atoms with Crippen molar-refractivity contribution in [1.82, 2.24) is 4.72 Å². The smallest absolute Gasteiger partial charge is 0.337 e. The number of nitrogens with one attached hydrogen (secondary N) is 2. The Kier molecular flexibility index (Phi) is 8.13. The van der Waals surface area contributed by atoms with E-state index < -0.39 is 22.0 Å². The van der Waals surface area contributed by atoms with Crippen molar-refractivity contribution >= 4 is 21.7 Å². The summed E-state index contributed by atoms with van der Waals surface area (Å²) in [5.74, 6) is -1.20. The van der Waals surface area contributed by atoms with Gasteiger partial charge in [0.2, 0.25) is 10.0 Å². The maximum absolute atomic E-state index is 12.3. The minimum Gasteiger partial charge on any atom is -0.478 e. The monoisotopic (exact) mass is 360 g/mol. The van der Waals surface area contributed by atoms with Gasteiger partial charge >= 0.3 is 5.97 Å². The molecule has 1 rings (SSSR count). The summed E-state index contributed by atoms with van der Waals surface area (Å²) in [6.45, 7) is 2.93. The van der Waals surface area contributed by atoms with Crippen LogP contribution in [0.2, 0.25) is 0 Å². The summed E-state index contributed by atoms with van der Waals surface area (Å²) < 4.78 is 36.9. The highest BCUT2D eigenvalue weighted by Crippen LogP contribution is 2.21. The van der Waals surface area contributed by atoms with E-state index in [-0.39, 0.29) is 17.1 Å². The molecular weight excluding hydrogens is 336 g/mol. The molecule has 0 heterocycles. The molecule has 0 bridgehead atoms. The van der Waals surface area contributed by atoms with Crippen LogP contribution in [0.4, 0.5) is 5.69 Å². The van der Waals surface area contributed by atoms with Gasteiger partial charge in [0.1, 0.15) is 0 Å². The fourth-order valence-electron chi connectivity index (χ4n) is 2.08. The maximum atomic E-state index is 12.3. The second-order valence-electron chi connectivity index (χ2n) is 5.26. The number of carbonyl (C=O) groups is 1. The fraction of sp³-hybridized carbons (Fsp3) is 0.533. The molecule has 0 unspecified atom stereocenters. The lowest BCUT2D eigenvalue weighted by atomic mass is 10.2. The normalized spacial score (nSPS) is 12.8. The molecule has 0 radical (unpaired) electrons. The summed E-state index contributed by atoms with van der Waals surface area (Å²) in [7, 11) is -0.772. The Morgan fingerprint density at radius 1 is 1.29 bits per heavy atom. The number of methoxy groups -OCH3 is 2. The second kappa shape index (κ2) is 9.58. The first kappa shape index (κ1) is 20.4. The molecule has 0 saturated heterocycles. The summed E-state index contributed by atoms with van der Waals surface area (Å²) in [5, 5.41) is 12.3. The summed E-state index contributed by atoms with van der Waals surface area (Å²) in [4.78, 5) is 11.3. The van der Waals surface area contributed by atoms with Crippen molar-refractivity contribution in [2.75, 3.05) is 39.3 Å². The lowest BCUT2D eigenvalue weighted by Gasteiger charge is -2.15. The Morgan fingerprint density at radius 2 is 2.00 bits per heavy atom. The zero-order chi connectivity index (χ0) is 18.2. The largest absolute Gasteiger partial charge is 0.478 e. The molecule has 136 valence electrons. The maximum Gasteiger partial charge on any atom is 0.337 e. The molecular formula is C15H24N2O6S. The predicted octanol–water partition coefficient (Wildman–Crippen LogP) is 1.15. The molecule has 0 aliphatic rings. The average molecular weight is 360 g/mol. The van der Waals surface area contributed by atoms with E-state index in [0.29, 0.717) is 25.3 Å². The molecule has 9 heteroatoms. The molecule has 1 atom stereocenters. The standard InChI is InChI=1S/C15H24N2O6S/c1-11(10-23-3)17-24(20,21)12-5-6-14(13(9-12)15(18)19)16-7-4-8-22-2/h5-6,9,11,16-17H,4,7-8,10H2,1-3H3,(H,18,19)/t11-/m0/s1. The number of hydrogen-bond donors (Lipinski definition) is 3. The molecule has 8 nitrogen and oxygen atoms in total. The van der Waals surface area contributed by atoms with E-state index in [2.05, 4.69) is 10.0 Å². The van der Waals surface area contributed by atoms with Crippen molar-refractivity contribution in [1.29, 1.82) is 0 Å². The van der Waals surface area contributed by atoms with Crippen molar-refractivity contribution in [2.45, 2.75) is 24.3 Å². The molecule has 0 fully saturated rings. The number of ether oxygens (including phenoxy) is 2. The van der Waals surface area contributed by atoms with Crippen molar-refractivity contribution in [2.24, 2.45) is 0 Å². The van der Waals surface area contributed by atoms with Crippen LogP contribution in [0.25, 0.3) is 0 Å². The molecule has 1 aromatic rings. The quantitative estimate of drug-likeness (QED) is 0.507. The van der Waals surface area contributed by atoms with Crippen LogP contribution in [0, 0.1) is 0 Å². The zero-order valence-electron chi connectivity index (χ0n) is 14.0. The van der Waals surface area contributed by atoms with Crippen molar-refractivity contribution in [3.8, 4) is 0 Å². The van der Waals surface area contributed by atoms with Gasteiger partial charge in [0.15, 0.2) is 0 Å². The lowest BCUT2D eigenvalue weighted by Crippen LogP contribution is -2.35. The van der Waals surface area contributed by atoms with Crippen LogP contribution < -0.4 is 10.0 Å². The SMILES string of the molecule is COCCCNc1ccc(S(=O)(=O)N[C@@H](C)COC)cc1C(=O)O. The Bertz CT molecular complexity index is 647. The van der Waals surface area contributed by atoms with Crippen molar-refractivity contribution < 1.29 is 27.8 Å². The van der Waals surface area contributed by atoms with E-state index in [1.54, 1.807) is 14.0 Å². The Hall–Kier alpha value is -1.68. The molecule has 0 aliphatic heterocycles.